The maximum absolute atomic E-state index is 13.0. The predicted octanol–water partition coefficient (Wildman–Crippen LogP) is 4.23. The third-order valence-corrected chi connectivity index (χ3v) is 7.91. The van der Waals surface area contributed by atoms with E-state index >= 15 is 0 Å². The number of rotatable bonds is 8. The Morgan fingerprint density at radius 3 is 2.39 bits per heavy atom. The molecule has 1 N–H and O–H groups in total. The summed E-state index contributed by atoms with van der Waals surface area (Å²) >= 11 is 0. The summed E-state index contributed by atoms with van der Waals surface area (Å²) in [7, 11) is 1.72. The summed E-state index contributed by atoms with van der Waals surface area (Å²) in [4.78, 5) is 37.8. The van der Waals surface area contributed by atoms with Crippen LogP contribution in [0.3, 0.4) is 0 Å². The maximum atomic E-state index is 13.0. The van der Waals surface area contributed by atoms with E-state index in [0.717, 1.165) is 42.6 Å². The van der Waals surface area contributed by atoms with Crippen molar-refractivity contribution in [3.8, 4) is 0 Å². The molecule has 31 heavy (non-hydrogen) atoms. The second kappa shape index (κ2) is 8.60. The fourth-order valence-corrected chi connectivity index (χ4v) is 6.53. The van der Waals surface area contributed by atoms with Crippen LogP contribution in [-0.2, 0) is 9.59 Å². The summed E-state index contributed by atoms with van der Waals surface area (Å²) in [6.45, 7) is 2.39. The summed E-state index contributed by atoms with van der Waals surface area (Å²) in [5.41, 5.74) is 0.615. The first-order valence-corrected chi connectivity index (χ1v) is 11.6. The fourth-order valence-electron chi connectivity index (χ4n) is 6.53. The molecule has 1 atom stereocenters. The van der Waals surface area contributed by atoms with E-state index in [9.17, 15) is 19.7 Å². The average Bonchev–Trinajstić information content (AvgIpc) is 2.74. The minimum atomic E-state index is -0.426. The molecule has 0 heterocycles. The van der Waals surface area contributed by atoms with Crippen LogP contribution in [0.2, 0.25) is 0 Å². The van der Waals surface area contributed by atoms with Gasteiger partial charge in [0.15, 0.2) is 0 Å². The molecule has 5 rings (SSSR count). The number of nitro benzene ring substituents is 1. The van der Waals surface area contributed by atoms with Gasteiger partial charge in [-0.3, -0.25) is 19.7 Å². The number of benzene rings is 1. The molecule has 1 unspecified atom stereocenters. The van der Waals surface area contributed by atoms with Crippen LogP contribution in [0.15, 0.2) is 24.3 Å². The quantitative estimate of drug-likeness (QED) is 0.382. The summed E-state index contributed by atoms with van der Waals surface area (Å²) in [5.74, 6) is 2.40. The van der Waals surface area contributed by atoms with Gasteiger partial charge in [-0.05, 0) is 75.2 Å². The normalized spacial score (nSPS) is 29.4. The Morgan fingerprint density at radius 1 is 1.19 bits per heavy atom. The summed E-state index contributed by atoms with van der Waals surface area (Å²) in [6, 6.07) is 6.15. The molecule has 7 heteroatoms. The van der Waals surface area contributed by atoms with Gasteiger partial charge in [-0.2, -0.15) is 0 Å². The molecule has 1 aromatic carbocycles. The average molecular weight is 428 g/mol. The molecule has 4 aliphatic rings. The second-order valence-corrected chi connectivity index (χ2v) is 10.1. The summed E-state index contributed by atoms with van der Waals surface area (Å²) < 4.78 is 0. The predicted molar refractivity (Wildman–Crippen MR) is 117 cm³/mol. The Labute approximate surface area is 183 Å². The van der Waals surface area contributed by atoms with Crippen molar-refractivity contribution in [1.82, 2.24) is 10.2 Å². The largest absolute Gasteiger partial charge is 0.356 e. The maximum Gasteiger partial charge on any atom is 0.269 e. The van der Waals surface area contributed by atoms with E-state index in [-0.39, 0.29) is 29.0 Å². The van der Waals surface area contributed by atoms with Gasteiger partial charge in [0.2, 0.25) is 11.8 Å². The lowest BCUT2D eigenvalue weighted by atomic mass is 9.49. The van der Waals surface area contributed by atoms with E-state index in [2.05, 4.69) is 5.32 Å². The van der Waals surface area contributed by atoms with Crippen LogP contribution in [0.25, 0.3) is 0 Å². The zero-order valence-corrected chi connectivity index (χ0v) is 18.5. The van der Waals surface area contributed by atoms with Crippen molar-refractivity contribution in [3.63, 3.8) is 0 Å². The van der Waals surface area contributed by atoms with Gasteiger partial charge in [0, 0.05) is 37.6 Å². The van der Waals surface area contributed by atoms with Crippen LogP contribution in [0.4, 0.5) is 5.69 Å². The monoisotopic (exact) mass is 427 g/mol. The van der Waals surface area contributed by atoms with Crippen molar-refractivity contribution in [2.24, 2.45) is 23.2 Å². The molecule has 4 fully saturated rings. The Hall–Kier alpha value is -2.44. The molecule has 4 bridgehead atoms. The van der Waals surface area contributed by atoms with E-state index in [0.29, 0.717) is 19.4 Å². The van der Waals surface area contributed by atoms with Gasteiger partial charge in [-0.1, -0.05) is 12.1 Å². The molecule has 0 radical (unpaired) electrons. The molecule has 1 aromatic rings. The zero-order chi connectivity index (χ0) is 22.2. The van der Waals surface area contributed by atoms with Gasteiger partial charge in [0.05, 0.1) is 11.0 Å². The number of hydrogen-bond donors (Lipinski definition) is 1. The molecule has 2 amide bonds. The molecular weight excluding hydrogens is 394 g/mol. The van der Waals surface area contributed by atoms with Gasteiger partial charge < -0.3 is 10.2 Å². The first-order chi connectivity index (χ1) is 14.8. The topological polar surface area (TPSA) is 92.6 Å². The van der Waals surface area contributed by atoms with E-state index in [1.54, 1.807) is 24.1 Å². The molecular formula is C24H33N3O4. The number of amides is 2. The standard InChI is InChI=1S/C24H33N3O4/c1-16(20-5-3-6-21(12-20)27(30)31)26(2)22(28)7-4-8-25-23(29)24-13-17-9-18(14-24)11-19(10-17)15-24/h3,5-6,12,16-19H,4,7-11,13-15H2,1-2H3,(H,25,29). The Bertz CT molecular complexity index is 833. The van der Waals surface area contributed by atoms with Gasteiger partial charge in [0.25, 0.3) is 5.69 Å². The Morgan fingerprint density at radius 2 is 1.81 bits per heavy atom. The molecule has 7 nitrogen and oxygen atoms in total. The molecule has 4 aliphatic carbocycles. The molecule has 4 saturated carbocycles. The SMILES string of the molecule is CC(c1cccc([N+](=O)[O-])c1)N(C)C(=O)CCCNC(=O)C12CC3CC(CC(C3)C1)C2. The molecule has 0 saturated heterocycles. The number of non-ortho nitro benzene ring substituents is 1. The fraction of sp³-hybridized carbons (Fsp3) is 0.667. The highest BCUT2D eigenvalue weighted by Crippen LogP contribution is 2.60. The van der Waals surface area contributed by atoms with E-state index in [1.807, 2.05) is 6.92 Å². The highest BCUT2D eigenvalue weighted by molar-refractivity contribution is 5.83. The third-order valence-electron chi connectivity index (χ3n) is 7.91. The number of hydrogen-bond acceptors (Lipinski definition) is 4. The van der Waals surface area contributed by atoms with E-state index in [4.69, 9.17) is 0 Å². The zero-order valence-electron chi connectivity index (χ0n) is 18.5. The van der Waals surface area contributed by atoms with Crippen LogP contribution < -0.4 is 5.32 Å². The number of nitrogens with zero attached hydrogens (tertiary/aromatic N) is 2. The Balaban J connectivity index is 1.24. The van der Waals surface area contributed by atoms with Crippen LogP contribution in [0.5, 0.6) is 0 Å². The minimum Gasteiger partial charge on any atom is -0.356 e. The molecule has 0 spiro atoms. The van der Waals surface area contributed by atoms with Crippen molar-refractivity contribution in [1.29, 1.82) is 0 Å². The Kier molecular flexibility index (Phi) is 6.04. The van der Waals surface area contributed by atoms with Gasteiger partial charge in [0.1, 0.15) is 0 Å². The first kappa shape index (κ1) is 21.8. The molecule has 168 valence electrons. The third kappa shape index (κ3) is 4.46. The number of nitro groups is 1. The highest BCUT2D eigenvalue weighted by Gasteiger charge is 2.54. The van der Waals surface area contributed by atoms with Crippen molar-refractivity contribution in [3.05, 3.63) is 39.9 Å². The molecule has 0 aliphatic heterocycles. The van der Waals surface area contributed by atoms with Crippen LogP contribution in [-0.4, -0.2) is 35.2 Å². The van der Waals surface area contributed by atoms with Crippen molar-refractivity contribution in [2.45, 2.75) is 64.3 Å². The highest BCUT2D eigenvalue weighted by atomic mass is 16.6. The summed E-state index contributed by atoms with van der Waals surface area (Å²) in [6.07, 6.45) is 8.04. The van der Waals surface area contributed by atoms with Gasteiger partial charge >= 0.3 is 0 Å². The van der Waals surface area contributed by atoms with Crippen molar-refractivity contribution in [2.75, 3.05) is 13.6 Å². The van der Waals surface area contributed by atoms with E-state index in [1.165, 1.54) is 31.4 Å². The van der Waals surface area contributed by atoms with Gasteiger partial charge in [-0.15, -0.1) is 0 Å². The van der Waals surface area contributed by atoms with Crippen LogP contribution >= 0.6 is 0 Å². The van der Waals surface area contributed by atoms with Gasteiger partial charge in [-0.25, -0.2) is 0 Å². The molecule has 0 aromatic heterocycles. The smallest absolute Gasteiger partial charge is 0.269 e. The summed E-state index contributed by atoms with van der Waals surface area (Å²) in [5, 5.41) is 14.1. The lowest BCUT2D eigenvalue weighted by molar-refractivity contribution is -0.384. The minimum absolute atomic E-state index is 0.0249. The van der Waals surface area contributed by atoms with Crippen molar-refractivity contribution >= 4 is 17.5 Å². The van der Waals surface area contributed by atoms with Crippen molar-refractivity contribution < 1.29 is 14.5 Å². The number of carbonyl (C=O) groups excluding carboxylic acids is 2. The lowest BCUT2D eigenvalue weighted by Crippen LogP contribution is -2.53. The number of nitrogens with one attached hydrogen (secondary N) is 1. The second-order valence-electron chi connectivity index (χ2n) is 10.1. The van der Waals surface area contributed by atoms with E-state index < -0.39 is 4.92 Å². The van der Waals surface area contributed by atoms with Crippen LogP contribution in [0, 0.1) is 33.3 Å². The van der Waals surface area contributed by atoms with Crippen LogP contribution in [0.1, 0.15) is 69.9 Å². The number of carbonyl (C=O) groups is 2. The first-order valence-electron chi connectivity index (χ1n) is 11.6. The lowest BCUT2D eigenvalue weighted by Gasteiger charge is -2.55.